The van der Waals surface area contributed by atoms with Crippen LogP contribution in [0.2, 0.25) is 0 Å². The summed E-state index contributed by atoms with van der Waals surface area (Å²) >= 11 is 0. The van der Waals surface area contributed by atoms with Gasteiger partial charge in [-0.2, -0.15) is 5.10 Å². The number of rotatable bonds is 6. The summed E-state index contributed by atoms with van der Waals surface area (Å²) in [6.45, 7) is 9.69. The monoisotopic (exact) mass is 336 g/mol. The number of aliphatic hydroxyl groups is 1. The van der Waals surface area contributed by atoms with Gasteiger partial charge in [0.15, 0.2) is 0 Å². The zero-order chi connectivity index (χ0) is 17.9. The fourth-order valence-corrected chi connectivity index (χ4v) is 4.03. The van der Waals surface area contributed by atoms with Gasteiger partial charge < -0.3 is 15.3 Å². The Balaban J connectivity index is 1.96. The topological polar surface area (TPSA) is 70.4 Å². The van der Waals surface area contributed by atoms with Crippen molar-refractivity contribution in [2.24, 2.45) is 13.0 Å². The molecular weight excluding hydrogens is 304 g/mol. The normalized spacial score (nSPS) is 20.9. The number of carbonyl (C=O) groups excluding carboxylic acids is 1. The van der Waals surface area contributed by atoms with E-state index in [2.05, 4.69) is 31.2 Å². The molecule has 0 aromatic carbocycles. The largest absolute Gasteiger partial charge is 0.394 e. The minimum absolute atomic E-state index is 0.0411. The Labute approximate surface area is 145 Å². The van der Waals surface area contributed by atoms with Gasteiger partial charge in [0.1, 0.15) is 0 Å². The van der Waals surface area contributed by atoms with E-state index >= 15 is 0 Å². The minimum atomic E-state index is -0.390. The fourth-order valence-electron chi connectivity index (χ4n) is 4.03. The summed E-state index contributed by atoms with van der Waals surface area (Å²) in [5.74, 6) is 0.450. The molecule has 6 nitrogen and oxygen atoms in total. The number of hydrogen-bond acceptors (Lipinski definition) is 3. The number of likely N-dealkylation sites (tertiary alicyclic amines) is 1. The lowest BCUT2D eigenvalue weighted by molar-refractivity contribution is 0.0677. The van der Waals surface area contributed by atoms with Crippen LogP contribution in [0.5, 0.6) is 0 Å². The number of urea groups is 1. The van der Waals surface area contributed by atoms with Crippen LogP contribution >= 0.6 is 0 Å². The molecule has 2 rings (SSSR count). The van der Waals surface area contributed by atoms with Crippen molar-refractivity contribution in [2.75, 3.05) is 19.7 Å². The summed E-state index contributed by atoms with van der Waals surface area (Å²) in [6.07, 6.45) is 3.47. The summed E-state index contributed by atoms with van der Waals surface area (Å²) in [5, 5.41) is 17.4. The Kier molecular flexibility index (Phi) is 5.91. The molecule has 2 heterocycles. The first kappa shape index (κ1) is 18.8. The van der Waals surface area contributed by atoms with Crippen molar-refractivity contribution in [2.45, 2.75) is 58.9 Å². The first-order chi connectivity index (χ1) is 11.3. The molecule has 1 saturated heterocycles. The molecular formula is C18H32N4O2. The number of aryl methyl sites for hydroxylation is 2. The van der Waals surface area contributed by atoms with Crippen LogP contribution in [0, 0.1) is 19.8 Å². The van der Waals surface area contributed by atoms with Crippen molar-refractivity contribution in [3.63, 3.8) is 0 Å². The number of nitrogens with one attached hydrogen (secondary N) is 1. The van der Waals surface area contributed by atoms with E-state index in [0.29, 0.717) is 12.5 Å². The Morgan fingerprint density at radius 2 is 2.12 bits per heavy atom. The van der Waals surface area contributed by atoms with E-state index in [1.807, 2.05) is 23.6 Å². The van der Waals surface area contributed by atoms with Crippen LogP contribution in [0.1, 0.15) is 50.1 Å². The molecule has 1 aliphatic rings. The van der Waals surface area contributed by atoms with Crippen molar-refractivity contribution >= 4 is 6.03 Å². The zero-order valence-electron chi connectivity index (χ0n) is 15.7. The molecule has 0 bridgehead atoms. The van der Waals surface area contributed by atoms with Crippen molar-refractivity contribution < 1.29 is 9.90 Å². The molecule has 1 fully saturated rings. The molecule has 24 heavy (non-hydrogen) atoms. The lowest BCUT2D eigenvalue weighted by Gasteiger charge is -2.38. The highest BCUT2D eigenvalue weighted by Gasteiger charge is 2.43. The van der Waals surface area contributed by atoms with Gasteiger partial charge in [-0.3, -0.25) is 4.68 Å². The lowest BCUT2D eigenvalue weighted by Crippen LogP contribution is -2.54. The average molecular weight is 336 g/mol. The smallest absolute Gasteiger partial charge is 0.317 e. The quantitative estimate of drug-likeness (QED) is 0.836. The Morgan fingerprint density at radius 3 is 2.67 bits per heavy atom. The SMILES string of the molecule is Cc1nn(C)c(C)c1CCNC(=O)N1CCC[C@@]1(CO)CC(C)C. The molecule has 6 heteroatoms. The van der Waals surface area contributed by atoms with Gasteiger partial charge in [-0.05, 0) is 51.0 Å². The molecule has 1 aliphatic heterocycles. The van der Waals surface area contributed by atoms with E-state index in [9.17, 15) is 9.90 Å². The highest BCUT2D eigenvalue weighted by atomic mass is 16.3. The summed E-state index contributed by atoms with van der Waals surface area (Å²) in [4.78, 5) is 14.5. The molecule has 0 spiro atoms. The van der Waals surface area contributed by atoms with Gasteiger partial charge >= 0.3 is 6.03 Å². The maximum atomic E-state index is 12.6. The van der Waals surface area contributed by atoms with Gasteiger partial charge in [-0.1, -0.05) is 13.8 Å². The molecule has 1 atom stereocenters. The third kappa shape index (κ3) is 3.74. The average Bonchev–Trinajstić information content (AvgIpc) is 3.03. The predicted molar refractivity (Wildman–Crippen MR) is 95.0 cm³/mol. The summed E-state index contributed by atoms with van der Waals surface area (Å²) < 4.78 is 1.88. The van der Waals surface area contributed by atoms with Crippen molar-refractivity contribution in [1.29, 1.82) is 0 Å². The molecule has 1 aromatic rings. The van der Waals surface area contributed by atoms with Gasteiger partial charge in [0.05, 0.1) is 17.8 Å². The molecule has 0 saturated carbocycles. The number of aliphatic hydroxyl groups excluding tert-OH is 1. The van der Waals surface area contributed by atoms with Crippen LogP contribution < -0.4 is 5.32 Å². The van der Waals surface area contributed by atoms with E-state index in [-0.39, 0.29) is 12.6 Å². The number of hydrogen-bond donors (Lipinski definition) is 2. The number of amides is 2. The molecule has 2 amide bonds. The molecule has 0 aliphatic carbocycles. The molecule has 1 aromatic heterocycles. The second-order valence-corrected chi connectivity index (χ2v) is 7.49. The third-order valence-corrected chi connectivity index (χ3v) is 5.23. The van der Waals surface area contributed by atoms with Crippen LogP contribution in [0.4, 0.5) is 4.79 Å². The zero-order valence-corrected chi connectivity index (χ0v) is 15.7. The van der Waals surface area contributed by atoms with E-state index in [0.717, 1.165) is 43.6 Å². The molecule has 136 valence electrons. The van der Waals surface area contributed by atoms with Gasteiger partial charge in [0.2, 0.25) is 0 Å². The highest BCUT2D eigenvalue weighted by Crippen LogP contribution is 2.34. The second-order valence-electron chi connectivity index (χ2n) is 7.49. The van der Waals surface area contributed by atoms with Crippen LogP contribution in [-0.4, -0.2) is 51.1 Å². The van der Waals surface area contributed by atoms with E-state index in [4.69, 9.17) is 0 Å². The first-order valence-corrected chi connectivity index (χ1v) is 8.96. The van der Waals surface area contributed by atoms with Gasteiger partial charge in [0.25, 0.3) is 0 Å². The van der Waals surface area contributed by atoms with E-state index < -0.39 is 5.54 Å². The van der Waals surface area contributed by atoms with Crippen LogP contribution in [-0.2, 0) is 13.5 Å². The molecule has 0 unspecified atom stereocenters. The summed E-state index contributed by atoms with van der Waals surface area (Å²) in [6, 6.07) is -0.0543. The lowest BCUT2D eigenvalue weighted by atomic mass is 9.87. The fraction of sp³-hybridized carbons (Fsp3) is 0.778. The third-order valence-electron chi connectivity index (χ3n) is 5.23. The Bertz CT molecular complexity index is 582. The van der Waals surface area contributed by atoms with Crippen molar-refractivity contribution in [3.05, 3.63) is 17.0 Å². The standard InChI is InChI=1S/C18H32N4O2/c1-13(2)11-18(12-23)8-6-10-22(18)17(24)19-9-7-16-14(3)20-21(5)15(16)4/h13,23H,6-12H2,1-5H3,(H,19,24)/t18-/m0/s1. The van der Waals surface area contributed by atoms with Crippen LogP contribution in [0.25, 0.3) is 0 Å². The number of nitrogens with zero attached hydrogens (tertiary/aromatic N) is 3. The Morgan fingerprint density at radius 1 is 1.42 bits per heavy atom. The van der Waals surface area contributed by atoms with Crippen LogP contribution in [0.3, 0.4) is 0 Å². The Hall–Kier alpha value is -1.56. The second kappa shape index (κ2) is 7.55. The van der Waals surface area contributed by atoms with Gasteiger partial charge in [-0.25, -0.2) is 4.79 Å². The number of aromatic nitrogens is 2. The maximum Gasteiger partial charge on any atom is 0.317 e. The van der Waals surface area contributed by atoms with Crippen LogP contribution in [0.15, 0.2) is 0 Å². The van der Waals surface area contributed by atoms with E-state index in [1.165, 1.54) is 5.56 Å². The highest BCUT2D eigenvalue weighted by molar-refractivity contribution is 5.75. The van der Waals surface area contributed by atoms with Gasteiger partial charge in [0, 0.05) is 25.8 Å². The minimum Gasteiger partial charge on any atom is -0.394 e. The molecule has 0 radical (unpaired) electrons. The van der Waals surface area contributed by atoms with E-state index in [1.54, 1.807) is 0 Å². The summed E-state index contributed by atoms with van der Waals surface area (Å²) in [7, 11) is 1.94. The number of carbonyl (C=O) groups is 1. The first-order valence-electron chi connectivity index (χ1n) is 8.96. The molecule has 2 N–H and O–H groups in total. The van der Waals surface area contributed by atoms with Crippen molar-refractivity contribution in [1.82, 2.24) is 20.0 Å². The van der Waals surface area contributed by atoms with Gasteiger partial charge in [-0.15, -0.1) is 0 Å². The van der Waals surface area contributed by atoms with Crippen molar-refractivity contribution in [3.8, 4) is 0 Å². The maximum absolute atomic E-state index is 12.6. The predicted octanol–water partition coefficient (Wildman–Crippen LogP) is 2.16. The summed E-state index contributed by atoms with van der Waals surface area (Å²) in [5.41, 5.74) is 2.98.